The predicted octanol–water partition coefficient (Wildman–Crippen LogP) is 1.74. The number of esters is 1. The Hall–Kier alpha value is -1.86. The molecule has 2 N–H and O–H groups in total. The second kappa shape index (κ2) is 9.37. The first-order chi connectivity index (χ1) is 12.8. The predicted molar refractivity (Wildman–Crippen MR) is 104 cm³/mol. The van der Waals surface area contributed by atoms with Gasteiger partial charge in [0, 0.05) is 31.5 Å². The fraction of sp³-hybridized carbons (Fsp3) is 0.700. The van der Waals surface area contributed by atoms with Crippen LogP contribution in [0.3, 0.4) is 0 Å². The molecule has 2 heterocycles. The van der Waals surface area contributed by atoms with Crippen LogP contribution in [0.15, 0.2) is 6.20 Å². The van der Waals surface area contributed by atoms with Gasteiger partial charge in [-0.2, -0.15) is 0 Å². The van der Waals surface area contributed by atoms with Gasteiger partial charge in [0.1, 0.15) is 0 Å². The number of nitrogens with one attached hydrogen (secondary N) is 1. The Balaban J connectivity index is 1.96. The quantitative estimate of drug-likeness (QED) is 0.672. The average Bonchev–Trinajstić information content (AvgIpc) is 3.00. The zero-order chi connectivity index (χ0) is 20.0. The van der Waals surface area contributed by atoms with E-state index in [-0.39, 0.29) is 12.3 Å². The Morgan fingerprint density at radius 1 is 1.26 bits per heavy atom. The van der Waals surface area contributed by atoms with Crippen LogP contribution in [0.25, 0.3) is 0 Å². The minimum Gasteiger partial charge on any atom is -0.462 e. The second-order valence-corrected chi connectivity index (χ2v) is 7.29. The van der Waals surface area contributed by atoms with Crippen molar-refractivity contribution in [2.75, 3.05) is 39.3 Å². The third-order valence-electron chi connectivity index (χ3n) is 5.43. The van der Waals surface area contributed by atoms with Crippen LogP contribution in [-0.4, -0.2) is 76.7 Å². The van der Waals surface area contributed by atoms with Gasteiger partial charge in [0.2, 0.25) is 5.91 Å². The number of aromatic nitrogens is 1. The Bertz CT molecular complexity index is 644. The number of likely N-dealkylation sites (tertiary alicyclic amines) is 1. The lowest BCUT2D eigenvalue weighted by Crippen LogP contribution is -2.52. The molecule has 0 bridgehead atoms. The number of aryl methyl sites for hydroxylation is 1. The highest BCUT2D eigenvalue weighted by molar-refractivity contribution is 5.94. The maximum atomic E-state index is 12.7. The van der Waals surface area contributed by atoms with Crippen LogP contribution in [0.2, 0.25) is 0 Å². The molecule has 7 heteroatoms. The molecular formula is C20H33N3O4. The first-order valence-corrected chi connectivity index (χ1v) is 9.90. The minimum atomic E-state index is -0.734. The average molecular weight is 380 g/mol. The molecule has 1 aromatic heterocycles. The third kappa shape index (κ3) is 5.32. The number of likely N-dealkylation sites (N-methyl/N-ethyl adjacent to an activating group) is 1. The molecular weight excluding hydrogens is 346 g/mol. The van der Waals surface area contributed by atoms with Crippen molar-refractivity contribution in [1.29, 1.82) is 0 Å². The lowest BCUT2D eigenvalue weighted by Gasteiger charge is -2.40. The Labute approximate surface area is 161 Å². The molecule has 0 spiro atoms. The molecule has 152 valence electrons. The largest absolute Gasteiger partial charge is 0.462 e. The first kappa shape index (κ1) is 21.4. The smallest absolute Gasteiger partial charge is 0.340 e. The maximum Gasteiger partial charge on any atom is 0.340 e. The number of aliphatic hydroxyl groups is 1. The highest BCUT2D eigenvalue weighted by Crippen LogP contribution is 2.24. The lowest BCUT2D eigenvalue weighted by atomic mass is 9.90. The van der Waals surface area contributed by atoms with Crippen LogP contribution in [0.1, 0.15) is 55.2 Å². The summed E-state index contributed by atoms with van der Waals surface area (Å²) in [5.74, 6) is -0.432. The molecule has 0 aromatic carbocycles. The van der Waals surface area contributed by atoms with E-state index in [1.165, 1.54) is 0 Å². The number of rotatable bonds is 8. The van der Waals surface area contributed by atoms with Gasteiger partial charge in [-0.15, -0.1) is 0 Å². The summed E-state index contributed by atoms with van der Waals surface area (Å²) in [6, 6.07) is 0. The SMILES string of the molecule is CCOC(=O)c1c(C)c[nH]c1CC(=O)N1CCC(O)(CN(CC)CC)CC1. The zero-order valence-corrected chi connectivity index (χ0v) is 17.0. The van der Waals surface area contributed by atoms with Gasteiger partial charge in [0.25, 0.3) is 0 Å². The number of hydrogen-bond acceptors (Lipinski definition) is 5. The van der Waals surface area contributed by atoms with E-state index in [0.29, 0.717) is 50.3 Å². The van der Waals surface area contributed by atoms with Crippen molar-refractivity contribution in [1.82, 2.24) is 14.8 Å². The molecule has 2 rings (SSSR count). The number of amides is 1. The first-order valence-electron chi connectivity index (χ1n) is 9.90. The number of piperidine rings is 1. The summed E-state index contributed by atoms with van der Waals surface area (Å²) in [5.41, 5.74) is 1.10. The summed E-state index contributed by atoms with van der Waals surface area (Å²) in [7, 11) is 0. The lowest BCUT2D eigenvalue weighted by molar-refractivity contribution is -0.135. The van der Waals surface area contributed by atoms with Crippen molar-refractivity contribution >= 4 is 11.9 Å². The summed E-state index contributed by atoms with van der Waals surface area (Å²) < 4.78 is 5.10. The maximum absolute atomic E-state index is 12.7. The van der Waals surface area contributed by atoms with Gasteiger partial charge in [-0.3, -0.25) is 4.79 Å². The molecule has 27 heavy (non-hydrogen) atoms. The van der Waals surface area contributed by atoms with Gasteiger partial charge < -0.3 is 24.6 Å². The molecule has 0 unspecified atom stereocenters. The van der Waals surface area contributed by atoms with Crippen molar-refractivity contribution in [3.63, 3.8) is 0 Å². The van der Waals surface area contributed by atoms with Crippen LogP contribution in [0.5, 0.6) is 0 Å². The van der Waals surface area contributed by atoms with Gasteiger partial charge in [0.05, 0.1) is 24.2 Å². The summed E-state index contributed by atoms with van der Waals surface area (Å²) in [4.78, 5) is 31.9. The van der Waals surface area contributed by atoms with Crippen molar-refractivity contribution in [2.24, 2.45) is 0 Å². The van der Waals surface area contributed by atoms with Crippen molar-refractivity contribution in [3.05, 3.63) is 23.0 Å². The zero-order valence-electron chi connectivity index (χ0n) is 17.0. The summed E-state index contributed by atoms with van der Waals surface area (Å²) in [6.07, 6.45) is 3.01. The number of carbonyl (C=O) groups excluding carboxylic acids is 2. The van der Waals surface area contributed by atoms with E-state index < -0.39 is 11.6 Å². The van der Waals surface area contributed by atoms with Gasteiger partial charge in [0.15, 0.2) is 0 Å². The number of carbonyl (C=O) groups is 2. The number of ether oxygens (including phenoxy) is 1. The van der Waals surface area contributed by atoms with Crippen LogP contribution in [-0.2, 0) is 16.0 Å². The number of H-pyrrole nitrogens is 1. The molecule has 1 aliphatic heterocycles. The van der Waals surface area contributed by atoms with Gasteiger partial charge >= 0.3 is 5.97 Å². The van der Waals surface area contributed by atoms with E-state index in [4.69, 9.17) is 4.74 Å². The van der Waals surface area contributed by atoms with Crippen LogP contribution in [0.4, 0.5) is 0 Å². The fourth-order valence-electron chi connectivity index (χ4n) is 3.66. The number of nitrogens with zero attached hydrogens (tertiary/aromatic N) is 2. The number of aromatic amines is 1. The summed E-state index contributed by atoms with van der Waals surface area (Å²) in [5, 5.41) is 10.8. The minimum absolute atomic E-state index is 0.0349. The molecule has 0 atom stereocenters. The van der Waals surface area contributed by atoms with Gasteiger partial charge in [-0.1, -0.05) is 13.8 Å². The molecule has 7 nitrogen and oxygen atoms in total. The van der Waals surface area contributed by atoms with E-state index in [1.807, 2.05) is 6.92 Å². The van der Waals surface area contributed by atoms with E-state index in [1.54, 1.807) is 18.0 Å². The normalized spacial score (nSPS) is 16.6. The van der Waals surface area contributed by atoms with E-state index in [2.05, 4.69) is 23.7 Å². The molecule has 1 saturated heterocycles. The van der Waals surface area contributed by atoms with Crippen molar-refractivity contribution in [3.8, 4) is 0 Å². The topological polar surface area (TPSA) is 85.9 Å². The fourth-order valence-corrected chi connectivity index (χ4v) is 3.66. The molecule has 0 radical (unpaired) electrons. The van der Waals surface area contributed by atoms with Gasteiger partial charge in [-0.25, -0.2) is 4.79 Å². The second-order valence-electron chi connectivity index (χ2n) is 7.29. The van der Waals surface area contributed by atoms with E-state index >= 15 is 0 Å². The Morgan fingerprint density at radius 3 is 2.44 bits per heavy atom. The molecule has 1 fully saturated rings. The summed E-state index contributed by atoms with van der Waals surface area (Å²) in [6.45, 7) is 11.6. The molecule has 0 saturated carbocycles. The molecule has 1 aromatic rings. The van der Waals surface area contributed by atoms with E-state index in [9.17, 15) is 14.7 Å². The Kier molecular flexibility index (Phi) is 7.44. The Morgan fingerprint density at radius 2 is 1.89 bits per heavy atom. The van der Waals surface area contributed by atoms with Crippen LogP contribution >= 0.6 is 0 Å². The summed E-state index contributed by atoms with van der Waals surface area (Å²) >= 11 is 0. The van der Waals surface area contributed by atoms with E-state index in [0.717, 1.165) is 18.7 Å². The standard InChI is InChI=1S/C20H33N3O4/c1-5-22(6-2)14-20(26)8-10-23(11-9-20)17(24)12-16-18(15(4)13-21-16)19(25)27-7-3/h13,21,26H,5-12,14H2,1-4H3. The highest BCUT2D eigenvalue weighted by Gasteiger charge is 2.35. The van der Waals surface area contributed by atoms with Crippen molar-refractivity contribution in [2.45, 2.75) is 52.6 Å². The highest BCUT2D eigenvalue weighted by atomic mass is 16.5. The number of hydrogen-bond donors (Lipinski definition) is 2. The van der Waals surface area contributed by atoms with Crippen LogP contribution in [0, 0.1) is 6.92 Å². The molecule has 1 amide bonds. The monoisotopic (exact) mass is 379 g/mol. The van der Waals surface area contributed by atoms with Gasteiger partial charge in [-0.05, 0) is 45.3 Å². The third-order valence-corrected chi connectivity index (χ3v) is 5.43. The van der Waals surface area contributed by atoms with Crippen molar-refractivity contribution < 1.29 is 19.4 Å². The van der Waals surface area contributed by atoms with Crippen LogP contribution < -0.4 is 0 Å². The molecule has 1 aliphatic rings. The molecule has 0 aliphatic carbocycles.